The number of aromatic nitrogens is 2. The molecule has 0 unspecified atom stereocenters. The second-order valence-electron chi connectivity index (χ2n) is 4.45. The van der Waals surface area contributed by atoms with Crippen LogP contribution in [-0.4, -0.2) is 21.3 Å². The van der Waals surface area contributed by atoms with E-state index < -0.39 is 5.82 Å². The Morgan fingerprint density at radius 1 is 1.35 bits per heavy atom. The second-order valence-corrected chi connectivity index (χ2v) is 5.31. The van der Waals surface area contributed by atoms with Crippen LogP contribution in [0.4, 0.5) is 4.39 Å². The summed E-state index contributed by atoms with van der Waals surface area (Å²) in [5.41, 5.74) is 1.32. The lowest BCUT2D eigenvalue weighted by Crippen LogP contribution is -2.09. The SMILES string of the molecule is Cc1nn(C)cc1C(=O)CC(=O)c1ccc(F)c(Br)c1. The van der Waals surface area contributed by atoms with Crippen molar-refractivity contribution < 1.29 is 14.0 Å². The molecule has 2 rings (SSSR count). The Bertz CT molecular complexity index is 694. The number of benzene rings is 1. The molecule has 0 fully saturated rings. The van der Waals surface area contributed by atoms with Gasteiger partial charge < -0.3 is 0 Å². The maximum atomic E-state index is 13.1. The van der Waals surface area contributed by atoms with Crippen LogP contribution in [0.1, 0.15) is 32.8 Å². The molecule has 1 heterocycles. The summed E-state index contributed by atoms with van der Waals surface area (Å²) in [6.45, 7) is 1.71. The molecule has 0 spiro atoms. The Morgan fingerprint density at radius 3 is 2.60 bits per heavy atom. The Hall–Kier alpha value is -1.82. The first-order chi connectivity index (χ1) is 9.38. The molecule has 0 aliphatic heterocycles. The van der Waals surface area contributed by atoms with Gasteiger partial charge in [-0.15, -0.1) is 0 Å². The summed E-state index contributed by atoms with van der Waals surface area (Å²) in [4.78, 5) is 24.1. The average Bonchev–Trinajstić information content (AvgIpc) is 2.71. The topological polar surface area (TPSA) is 52.0 Å². The number of hydrogen-bond donors (Lipinski definition) is 0. The van der Waals surface area contributed by atoms with E-state index in [-0.39, 0.29) is 22.5 Å². The summed E-state index contributed by atoms with van der Waals surface area (Å²) in [6.07, 6.45) is 1.33. The van der Waals surface area contributed by atoms with Crippen LogP contribution in [-0.2, 0) is 7.05 Å². The van der Waals surface area contributed by atoms with Crippen LogP contribution in [0.5, 0.6) is 0 Å². The van der Waals surface area contributed by atoms with Gasteiger partial charge in [0.25, 0.3) is 0 Å². The molecule has 0 amide bonds. The zero-order chi connectivity index (χ0) is 14.9. The molecular weight excluding hydrogens is 327 g/mol. The molecule has 0 radical (unpaired) electrons. The predicted octanol–water partition coefficient (Wildman–Crippen LogP) is 3.09. The highest BCUT2D eigenvalue weighted by Crippen LogP contribution is 2.19. The third-order valence-electron chi connectivity index (χ3n) is 2.88. The standard InChI is InChI=1S/C14H12BrFN2O2/c1-8-10(7-18(2)17-8)14(20)6-13(19)9-3-4-12(16)11(15)5-9/h3-5,7H,6H2,1-2H3. The highest BCUT2D eigenvalue weighted by Gasteiger charge is 2.18. The summed E-state index contributed by atoms with van der Waals surface area (Å²) >= 11 is 3.01. The fourth-order valence-corrected chi connectivity index (χ4v) is 2.26. The van der Waals surface area contributed by atoms with Crippen molar-refractivity contribution in [3.05, 3.63) is 51.5 Å². The lowest BCUT2D eigenvalue weighted by molar-refractivity contribution is 0.0894. The molecule has 104 valence electrons. The molecule has 1 aromatic heterocycles. The van der Waals surface area contributed by atoms with Crippen LogP contribution >= 0.6 is 15.9 Å². The zero-order valence-corrected chi connectivity index (χ0v) is 12.6. The third kappa shape index (κ3) is 3.01. The minimum atomic E-state index is -0.448. The summed E-state index contributed by atoms with van der Waals surface area (Å²) in [5.74, 6) is -1.09. The number of carbonyl (C=O) groups excluding carboxylic acids is 2. The van der Waals surface area contributed by atoms with Gasteiger partial charge in [0.05, 0.1) is 22.2 Å². The monoisotopic (exact) mass is 338 g/mol. The van der Waals surface area contributed by atoms with E-state index in [1.807, 2.05) is 0 Å². The van der Waals surface area contributed by atoms with Crippen molar-refractivity contribution in [1.82, 2.24) is 9.78 Å². The van der Waals surface area contributed by atoms with Gasteiger partial charge in [-0.3, -0.25) is 14.3 Å². The highest BCUT2D eigenvalue weighted by atomic mass is 79.9. The van der Waals surface area contributed by atoms with E-state index in [2.05, 4.69) is 21.0 Å². The van der Waals surface area contributed by atoms with E-state index in [1.165, 1.54) is 22.9 Å². The van der Waals surface area contributed by atoms with Gasteiger partial charge in [0.1, 0.15) is 5.82 Å². The molecule has 0 bridgehead atoms. The number of ketones is 2. The molecule has 20 heavy (non-hydrogen) atoms. The van der Waals surface area contributed by atoms with Gasteiger partial charge in [0.15, 0.2) is 11.6 Å². The number of hydrogen-bond acceptors (Lipinski definition) is 3. The maximum Gasteiger partial charge on any atom is 0.174 e. The summed E-state index contributed by atoms with van der Waals surface area (Å²) in [5, 5.41) is 4.07. The van der Waals surface area contributed by atoms with Crippen LogP contribution in [0, 0.1) is 12.7 Å². The Labute approximate surface area is 123 Å². The van der Waals surface area contributed by atoms with Crippen LogP contribution < -0.4 is 0 Å². The van der Waals surface area contributed by atoms with Crippen LogP contribution in [0.3, 0.4) is 0 Å². The van der Waals surface area contributed by atoms with Gasteiger partial charge in [-0.2, -0.15) is 5.10 Å². The fraction of sp³-hybridized carbons (Fsp3) is 0.214. The normalized spacial score (nSPS) is 10.6. The average molecular weight is 339 g/mol. The van der Waals surface area contributed by atoms with Crippen molar-refractivity contribution >= 4 is 27.5 Å². The molecule has 0 aliphatic carbocycles. The van der Waals surface area contributed by atoms with Gasteiger partial charge >= 0.3 is 0 Å². The molecule has 6 heteroatoms. The van der Waals surface area contributed by atoms with Crippen molar-refractivity contribution in [2.24, 2.45) is 7.05 Å². The number of rotatable bonds is 4. The molecular formula is C14H12BrFN2O2. The number of carbonyl (C=O) groups is 2. The number of aryl methyl sites for hydroxylation is 2. The van der Waals surface area contributed by atoms with Crippen molar-refractivity contribution in [3.63, 3.8) is 0 Å². The Balaban J connectivity index is 2.17. The molecule has 4 nitrogen and oxygen atoms in total. The molecule has 0 atom stereocenters. The van der Waals surface area contributed by atoms with Crippen molar-refractivity contribution in [2.45, 2.75) is 13.3 Å². The van der Waals surface area contributed by atoms with E-state index >= 15 is 0 Å². The summed E-state index contributed by atoms with van der Waals surface area (Å²) in [7, 11) is 1.71. The minimum Gasteiger partial charge on any atom is -0.294 e. The van der Waals surface area contributed by atoms with E-state index in [1.54, 1.807) is 20.2 Å². The highest BCUT2D eigenvalue weighted by molar-refractivity contribution is 9.10. The van der Waals surface area contributed by atoms with E-state index in [4.69, 9.17) is 0 Å². The molecule has 0 aliphatic rings. The predicted molar refractivity (Wildman–Crippen MR) is 75.3 cm³/mol. The fourth-order valence-electron chi connectivity index (χ4n) is 1.89. The minimum absolute atomic E-state index is 0.202. The number of halogens is 2. The first kappa shape index (κ1) is 14.6. The summed E-state index contributed by atoms with van der Waals surface area (Å²) in [6, 6.07) is 3.93. The Kier molecular flexibility index (Phi) is 4.13. The van der Waals surface area contributed by atoms with Crippen molar-refractivity contribution in [1.29, 1.82) is 0 Å². The second kappa shape index (κ2) is 5.66. The van der Waals surface area contributed by atoms with Crippen LogP contribution in [0.15, 0.2) is 28.9 Å². The molecule has 2 aromatic rings. The van der Waals surface area contributed by atoms with Gasteiger partial charge in [-0.05, 0) is 41.1 Å². The van der Waals surface area contributed by atoms with Gasteiger partial charge in [0, 0.05) is 18.8 Å². The third-order valence-corrected chi connectivity index (χ3v) is 3.48. The Morgan fingerprint density at radius 2 is 2.05 bits per heavy atom. The zero-order valence-electron chi connectivity index (χ0n) is 11.0. The largest absolute Gasteiger partial charge is 0.294 e. The molecule has 0 saturated heterocycles. The lowest BCUT2D eigenvalue weighted by atomic mass is 10.0. The quantitative estimate of drug-likeness (QED) is 0.635. The van der Waals surface area contributed by atoms with Crippen molar-refractivity contribution in [3.8, 4) is 0 Å². The number of nitrogens with zero attached hydrogens (tertiary/aromatic N) is 2. The number of Topliss-reactive ketones (excluding diaryl/α,β-unsaturated/α-hetero) is 2. The van der Waals surface area contributed by atoms with Gasteiger partial charge in [-0.1, -0.05) is 0 Å². The van der Waals surface area contributed by atoms with E-state index in [0.717, 1.165) is 0 Å². The van der Waals surface area contributed by atoms with E-state index in [9.17, 15) is 14.0 Å². The molecule has 1 aromatic carbocycles. The molecule has 0 N–H and O–H groups in total. The van der Waals surface area contributed by atoms with Crippen LogP contribution in [0.2, 0.25) is 0 Å². The molecule has 0 saturated carbocycles. The maximum absolute atomic E-state index is 13.1. The van der Waals surface area contributed by atoms with E-state index in [0.29, 0.717) is 16.8 Å². The summed E-state index contributed by atoms with van der Waals surface area (Å²) < 4.78 is 14.8. The van der Waals surface area contributed by atoms with Crippen molar-refractivity contribution in [2.75, 3.05) is 0 Å². The van der Waals surface area contributed by atoms with Crippen LogP contribution in [0.25, 0.3) is 0 Å². The first-order valence-electron chi connectivity index (χ1n) is 5.90. The van der Waals surface area contributed by atoms with Gasteiger partial charge in [0.2, 0.25) is 0 Å². The van der Waals surface area contributed by atoms with Gasteiger partial charge in [-0.25, -0.2) is 4.39 Å². The first-order valence-corrected chi connectivity index (χ1v) is 6.69. The lowest BCUT2D eigenvalue weighted by Gasteiger charge is -2.02. The smallest absolute Gasteiger partial charge is 0.174 e.